The first kappa shape index (κ1) is 14.3. The Labute approximate surface area is 127 Å². The molecular formula is C17H15FN2O2. The van der Waals surface area contributed by atoms with Gasteiger partial charge in [0.25, 0.3) is 5.91 Å². The molecule has 0 atom stereocenters. The molecule has 1 heterocycles. The number of benzene rings is 2. The number of carbonyl (C=O) groups is 2. The molecule has 0 saturated carbocycles. The van der Waals surface area contributed by atoms with E-state index >= 15 is 0 Å². The van der Waals surface area contributed by atoms with Crippen LogP contribution in [-0.4, -0.2) is 11.8 Å². The number of fused-ring (bicyclic) bond motifs is 1. The molecule has 2 amide bonds. The van der Waals surface area contributed by atoms with Crippen molar-refractivity contribution in [1.82, 2.24) is 0 Å². The third kappa shape index (κ3) is 2.35. The molecule has 1 aliphatic heterocycles. The standard InChI is InChI=1S/C17H15FN2O2/c1-17(2)13-8-10(6-7-14(13)20-16(17)22)15(21)19-12-5-3-4-11(18)9-12/h3-9H,1-2H3,(H,19,21)(H,20,22). The van der Waals surface area contributed by atoms with Crippen LogP contribution >= 0.6 is 0 Å². The average Bonchev–Trinajstić information content (AvgIpc) is 2.69. The molecule has 2 aromatic rings. The van der Waals surface area contributed by atoms with Gasteiger partial charge in [-0.15, -0.1) is 0 Å². The molecule has 0 fully saturated rings. The van der Waals surface area contributed by atoms with Crippen LogP contribution in [0.1, 0.15) is 29.8 Å². The highest BCUT2D eigenvalue weighted by molar-refractivity contribution is 6.09. The van der Waals surface area contributed by atoms with Gasteiger partial charge in [-0.05, 0) is 55.8 Å². The third-order valence-corrected chi connectivity index (χ3v) is 3.85. The molecule has 2 N–H and O–H groups in total. The van der Waals surface area contributed by atoms with E-state index in [-0.39, 0.29) is 11.8 Å². The van der Waals surface area contributed by atoms with E-state index in [4.69, 9.17) is 0 Å². The first-order valence-electron chi connectivity index (χ1n) is 6.91. The summed E-state index contributed by atoms with van der Waals surface area (Å²) in [6, 6.07) is 10.7. The molecule has 2 aromatic carbocycles. The second kappa shape index (κ2) is 4.94. The summed E-state index contributed by atoms with van der Waals surface area (Å²) < 4.78 is 13.1. The van der Waals surface area contributed by atoms with Crippen LogP contribution in [0.3, 0.4) is 0 Å². The van der Waals surface area contributed by atoms with Gasteiger partial charge >= 0.3 is 0 Å². The third-order valence-electron chi connectivity index (χ3n) is 3.85. The summed E-state index contributed by atoms with van der Waals surface area (Å²) in [6.45, 7) is 3.62. The van der Waals surface area contributed by atoms with Crippen LogP contribution in [-0.2, 0) is 10.2 Å². The first-order chi connectivity index (χ1) is 10.4. The molecule has 1 aliphatic rings. The van der Waals surface area contributed by atoms with Crippen LogP contribution in [0.5, 0.6) is 0 Å². The van der Waals surface area contributed by atoms with Crippen molar-refractivity contribution in [2.45, 2.75) is 19.3 Å². The number of hydrogen-bond donors (Lipinski definition) is 2. The molecule has 0 unspecified atom stereocenters. The van der Waals surface area contributed by atoms with Gasteiger partial charge in [0.15, 0.2) is 0 Å². The second-order valence-electron chi connectivity index (χ2n) is 5.80. The van der Waals surface area contributed by atoms with Gasteiger partial charge in [-0.25, -0.2) is 4.39 Å². The zero-order valence-electron chi connectivity index (χ0n) is 12.2. The highest BCUT2D eigenvalue weighted by Gasteiger charge is 2.38. The molecule has 22 heavy (non-hydrogen) atoms. The lowest BCUT2D eigenvalue weighted by molar-refractivity contribution is -0.119. The summed E-state index contributed by atoms with van der Waals surface area (Å²) >= 11 is 0. The van der Waals surface area contributed by atoms with Crippen molar-refractivity contribution in [3.05, 3.63) is 59.4 Å². The molecule has 3 rings (SSSR count). The number of anilines is 2. The van der Waals surface area contributed by atoms with Crippen molar-refractivity contribution in [2.24, 2.45) is 0 Å². The van der Waals surface area contributed by atoms with Crippen LogP contribution in [0.4, 0.5) is 15.8 Å². The summed E-state index contributed by atoms with van der Waals surface area (Å²) in [6.07, 6.45) is 0. The van der Waals surface area contributed by atoms with Gasteiger partial charge in [0.2, 0.25) is 5.91 Å². The van der Waals surface area contributed by atoms with Crippen LogP contribution in [0.25, 0.3) is 0 Å². The number of halogens is 1. The van der Waals surface area contributed by atoms with Crippen molar-refractivity contribution in [3.8, 4) is 0 Å². The molecule has 0 saturated heterocycles. The Hall–Kier alpha value is -2.69. The van der Waals surface area contributed by atoms with Gasteiger partial charge < -0.3 is 10.6 Å². The number of carbonyl (C=O) groups excluding carboxylic acids is 2. The van der Waals surface area contributed by atoms with E-state index in [9.17, 15) is 14.0 Å². The van der Waals surface area contributed by atoms with Crippen LogP contribution in [0.15, 0.2) is 42.5 Å². The Balaban J connectivity index is 1.89. The Morgan fingerprint density at radius 3 is 2.68 bits per heavy atom. The smallest absolute Gasteiger partial charge is 0.255 e. The van der Waals surface area contributed by atoms with Crippen molar-refractivity contribution < 1.29 is 14.0 Å². The fourth-order valence-corrected chi connectivity index (χ4v) is 2.48. The summed E-state index contributed by atoms with van der Waals surface area (Å²) in [5.74, 6) is -0.851. The molecule has 0 aromatic heterocycles. The van der Waals surface area contributed by atoms with E-state index in [1.807, 2.05) is 13.8 Å². The lowest BCUT2D eigenvalue weighted by Gasteiger charge is -2.15. The van der Waals surface area contributed by atoms with E-state index in [0.717, 1.165) is 11.3 Å². The van der Waals surface area contributed by atoms with E-state index < -0.39 is 11.2 Å². The number of amides is 2. The van der Waals surface area contributed by atoms with Gasteiger partial charge in [0.1, 0.15) is 5.82 Å². The topological polar surface area (TPSA) is 58.2 Å². The number of nitrogens with one attached hydrogen (secondary N) is 2. The predicted octanol–water partition coefficient (Wildman–Crippen LogP) is 3.31. The maximum Gasteiger partial charge on any atom is 0.255 e. The van der Waals surface area contributed by atoms with Crippen LogP contribution in [0, 0.1) is 5.82 Å². The van der Waals surface area contributed by atoms with E-state index in [2.05, 4.69) is 10.6 Å². The summed E-state index contributed by atoms with van der Waals surface area (Å²) in [7, 11) is 0. The van der Waals surface area contributed by atoms with Crippen molar-refractivity contribution in [2.75, 3.05) is 10.6 Å². The molecule has 0 aliphatic carbocycles. The summed E-state index contributed by atoms with van der Waals surface area (Å²) in [4.78, 5) is 24.2. The normalized spacial score (nSPS) is 15.1. The highest BCUT2D eigenvalue weighted by Crippen LogP contribution is 2.37. The molecule has 112 valence electrons. The molecule has 0 radical (unpaired) electrons. The highest BCUT2D eigenvalue weighted by atomic mass is 19.1. The molecule has 4 nitrogen and oxygen atoms in total. The molecule has 0 spiro atoms. The van der Waals surface area contributed by atoms with Crippen molar-refractivity contribution >= 4 is 23.2 Å². The zero-order chi connectivity index (χ0) is 15.9. The largest absolute Gasteiger partial charge is 0.325 e. The van der Waals surface area contributed by atoms with Gasteiger partial charge in [0, 0.05) is 16.9 Å². The molecular weight excluding hydrogens is 283 g/mol. The lowest BCUT2D eigenvalue weighted by Crippen LogP contribution is -2.27. The predicted molar refractivity (Wildman–Crippen MR) is 82.5 cm³/mol. The van der Waals surface area contributed by atoms with Crippen molar-refractivity contribution in [1.29, 1.82) is 0 Å². The number of rotatable bonds is 2. The second-order valence-corrected chi connectivity index (χ2v) is 5.80. The van der Waals surface area contributed by atoms with E-state index in [1.54, 1.807) is 24.3 Å². The average molecular weight is 298 g/mol. The van der Waals surface area contributed by atoms with Crippen LogP contribution in [0.2, 0.25) is 0 Å². The van der Waals surface area contributed by atoms with E-state index in [0.29, 0.717) is 11.3 Å². The Bertz CT molecular complexity index is 784. The quantitative estimate of drug-likeness (QED) is 0.893. The molecule has 5 heteroatoms. The monoisotopic (exact) mass is 298 g/mol. The fourth-order valence-electron chi connectivity index (χ4n) is 2.48. The maximum absolute atomic E-state index is 13.1. The van der Waals surface area contributed by atoms with Gasteiger partial charge in [-0.2, -0.15) is 0 Å². The first-order valence-corrected chi connectivity index (χ1v) is 6.91. The number of hydrogen-bond acceptors (Lipinski definition) is 2. The minimum Gasteiger partial charge on any atom is -0.325 e. The summed E-state index contributed by atoms with van der Waals surface area (Å²) in [5, 5.41) is 5.44. The van der Waals surface area contributed by atoms with Gasteiger partial charge in [-0.1, -0.05) is 6.07 Å². The minimum absolute atomic E-state index is 0.0924. The Morgan fingerprint density at radius 2 is 1.95 bits per heavy atom. The SMILES string of the molecule is CC1(C)C(=O)Nc2ccc(C(=O)Nc3cccc(F)c3)cc21. The summed E-state index contributed by atoms with van der Waals surface area (Å²) in [5.41, 5.74) is 1.64. The zero-order valence-corrected chi connectivity index (χ0v) is 12.2. The minimum atomic E-state index is -0.676. The van der Waals surface area contributed by atoms with Crippen molar-refractivity contribution in [3.63, 3.8) is 0 Å². The molecule has 0 bridgehead atoms. The Morgan fingerprint density at radius 1 is 1.18 bits per heavy atom. The van der Waals surface area contributed by atoms with Gasteiger partial charge in [0.05, 0.1) is 5.41 Å². The lowest BCUT2D eigenvalue weighted by atomic mass is 9.85. The van der Waals surface area contributed by atoms with Crippen LogP contribution < -0.4 is 10.6 Å². The van der Waals surface area contributed by atoms with E-state index in [1.165, 1.54) is 18.2 Å². The fraction of sp³-hybridized carbons (Fsp3) is 0.176. The Kier molecular flexibility index (Phi) is 3.20. The van der Waals surface area contributed by atoms with Gasteiger partial charge in [-0.3, -0.25) is 9.59 Å². The maximum atomic E-state index is 13.1.